The fraction of sp³-hybridized carbons (Fsp3) is 0.619. The van der Waals surface area contributed by atoms with Gasteiger partial charge in [-0.3, -0.25) is 4.79 Å². The molecule has 2 fully saturated rings. The highest BCUT2D eigenvalue weighted by Gasteiger charge is 2.37. The number of aryl methyl sites for hydroxylation is 1. The van der Waals surface area contributed by atoms with Crippen molar-refractivity contribution in [2.45, 2.75) is 45.7 Å². The zero-order valence-corrected chi connectivity index (χ0v) is 16.6. The highest BCUT2D eigenvalue weighted by Crippen LogP contribution is 2.34. The number of urea groups is 1. The summed E-state index contributed by atoms with van der Waals surface area (Å²) in [5, 5.41) is 3.01. The number of morpholine rings is 1. The lowest BCUT2D eigenvalue weighted by molar-refractivity contribution is -0.141. The van der Waals surface area contributed by atoms with Gasteiger partial charge in [0, 0.05) is 25.7 Å². The highest BCUT2D eigenvalue weighted by molar-refractivity contribution is 5.81. The molecule has 0 aliphatic carbocycles. The molecule has 0 spiro atoms. The quantitative estimate of drug-likeness (QED) is 0.886. The minimum atomic E-state index is -0.137. The monoisotopic (exact) mass is 373 g/mol. The summed E-state index contributed by atoms with van der Waals surface area (Å²) in [7, 11) is 0. The summed E-state index contributed by atoms with van der Waals surface area (Å²) < 4.78 is 5.36. The second kappa shape index (κ2) is 8.74. The molecule has 6 heteroatoms. The Morgan fingerprint density at radius 3 is 2.59 bits per heavy atom. The molecule has 2 heterocycles. The molecular weight excluding hydrogens is 342 g/mol. The van der Waals surface area contributed by atoms with Gasteiger partial charge in [-0.05, 0) is 39.2 Å². The maximum absolute atomic E-state index is 13.0. The van der Waals surface area contributed by atoms with E-state index in [0.717, 1.165) is 18.4 Å². The molecule has 1 aromatic rings. The molecule has 1 aromatic carbocycles. The van der Waals surface area contributed by atoms with Gasteiger partial charge in [-0.1, -0.05) is 29.8 Å². The molecule has 2 aliphatic heterocycles. The summed E-state index contributed by atoms with van der Waals surface area (Å²) in [5.74, 6) is 0.0189. The van der Waals surface area contributed by atoms with E-state index in [2.05, 4.69) is 30.4 Å². The number of hydrogen-bond acceptors (Lipinski definition) is 3. The number of rotatable bonds is 3. The third kappa shape index (κ3) is 4.80. The van der Waals surface area contributed by atoms with Crippen LogP contribution in [0, 0.1) is 12.8 Å². The first-order valence-electron chi connectivity index (χ1n) is 9.96. The standard InChI is InChI=1S/C21H31N3O3/c1-15(2)22-21(26)24-14-18(20(25)23-9-11-27-12-10-23)7-8-19(24)17-6-4-5-16(3)13-17/h4-6,13,15,18-19H,7-12,14H2,1-3H3,(H,22,26)/t18-,19-/m1/s1. The number of nitrogens with zero attached hydrogens (tertiary/aromatic N) is 2. The van der Waals surface area contributed by atoms with Gasteiger partial charge in [0.05, 0.1) is 25.2 Å². The number of carbonyl (C=O) groups is 2. The van der Waals surface area contributed by atoms with Crippen molar-refractivity contribution in [3.63, 3.8) is 0 Å². The highest BCUT2D eigenvalue weighted by atomic mass is 16.5. The summed E-state index contributed by atoms with van der Waals surface area (Å²) >= 11 is 0. The van der Waals surface area contributed by atoms with Crippen LogP contribution in [0.15, 0.2) is 24.3 Å². The lowest BCUT2D eigenvalue weighted by Gasteiger charge is -2.41. The Labute approximate surface area is 161 Å². The molecule has 0 saturated carbocycles. The van der Waals surface area contributed by atoms with Crippen LogP contribution in [0.2, 0.25) is 0 Å². The van der Waals surface area contributed by atoms with Crippen LogP contribution in [0.5, 0.6) is 0 Å². The van der Waals surface area contributed by atoms with Crippen LogP contribution < -0.4 is 5.32 Å². The van der Waals surface area contributed by atoms with Gasteiger partial charge in [-0.2, -0.15) is 0 Å². The van der Waals surface area contributed by atoms with E-state index in [4.69, 9.17) is 4.74 Å². The van der Waals surface area contributed by atoms with Crippen LogP contribution in [0.25, 0.3) is 0 Å². The zero-order valence-electron chi connectivity index (χ0n) is 16.6. The normalized spacial score (nSPS) is 23.4. The summed E-state index contributed by atoms with van der Waals surface area (Å²) in [6.45, 7) is 8.94. The molecule has 27 heavy (non-hydrogen) atoms. The summed E-state index contributed by atoms with van der Waals surface area (Å²) in [6.07, 6.45) is 1.61. The number of amides is 3. The Morgan fingerprint density at radius 2 is 1.93 bits per heavy atom. The van der Waals surface area contributed by atoms with E-state index in [-0.39, 0.29) is 29.9 Å². The van der Waals surface area contributed by atoms with E-state index in [1.165, 1.54) is 5.56 Å². The topological polar surface area (TPSA) is 61.9 Å². The van der Waals surface area contributed by atoms with Crippen LogP contribution in [-0.2, 0) is 9.53 Å². The molecule has 0 aromatic heterocycles. The first-order chi connectivity index (χ1) is 13.0. The first kappa shape index (κ1) is 19.7. The number of benzene rings is 1. The van der Waals surface area contributed by atoms with E-state index in [1.807, 2.05) is 29.7 Å². The molecule has 0 radical (unpaired) electrons. The van der Waals surface area contributed by atoms with Crippen molar-refractivity contribution >= 4 is 11.9 Å². The number of nitrogens with one attached hydrogen (secondary N) is 1. The average Bonchev–Trinajstić information content (AvgIpc) is 2.67. The summed E-state index contributed by atoms with van der Waals surface area (Å²) in [5.41, 5.74) is 2.33. The maximum Gasteiger partial charge on any atom is 0.318 e. The van der Waals surface area contributed by atoms with Gasteiger partial charge in [0.25, 0.3) is 0 Å². The number of ether oxygens (including phenoxy) is 1. The Balaban J connectivity index is 1.78. The second-order valence-corrected chi connectivity index (χ2v) is 7.90. The molecule has 6 nitrogen and oxygen atoms in total. The van der Waals surface area contributed by atoms with E-state index in [9.17, 15) is 9.59 Å². The van der Waals surface area contributed by atoms with Crippen molar-refractivity contribution in [2.75, 3.05) is 32.8 Å². The van der Waals surface area contributed by atoms with Crippen molar-refractivity contribution in [2.24, 2.45) is 5.92 Å². The lowest BCUT2D eigenvalue weighted by Crippen LogP contribution is -2.53. The number of piperidine rings is 1. The van der Waals surface area contributed by atoms with E-state index in [0.29, 0.717) is 32.8 Å². The van der Waals surface area contributed by atoms with E-state index >= 15 is 0 Å². The van der Waals surface area contributed by atoms with E-state index in [1.54, 1.807) is 0 Å². The van der Waals surface area contributed by atoms with Gasteiger partial charge in [0.2, 0.25) is 5.91 Å². The smallest absolute Gasteiger partial charge is 0.318 e. The van der Waals surface area contributed by atoms with Crippen LogP contribution in [-0.4, -0.2) is 60.6 Å². The van der Waals surface area contributed by atoms with Crippen LogP contribution >= 0.6 is 0 Å². The number of hydrogen-bond donors (Lipinski definition) is 1. The van der Waals surface area contributed by atoms with Crippen LogP contribution in [0.4, 0.5) is 4.79 Å². The molecule has 0 unspecified atom stereocenters. The minimum Gasteiger partial charge on any atom is -0.378 e. The second-order valence-electron chi connectivity index (χ2n) is 7.90. The molecular formula is C21H31N3O3. The van der Waals surface area contributed by atoms with Gasteiger partial charge >= 0.3 is 6.03 Å². The molecule has 1 N–H and O–H groups in total. The van der Waals surface area contributed by atoms with Crippen LogP contribution in [0.1, 0.15) is 43.9 Å². The molecule has 3 rings (SSSR count). The third-order valence-electron chi connectivity index (χ3n) is 5.35. The minimum absolute atomic E-state index is 0.0115. The Bertz CT molecular complexity index is 670. The Hall–Kier alpha value is -2.08. The van der Waals surface area contributed by atoms with Gasteiger partial charge in [0.15, 0.2) is 0 Å². The number of carbonyl (C=O) groups excluding carboxylic acids is 2. The Kier molecular flexibility index (Phi) is 6.37. The molecule has 2 saturated heterocycles. The average molecular weight is 373 g/mol. The van der Waals surface area contributed by atoms with Crippen molar-refractivity contribution in [1.82, 2.24) is 15.1 Å². The number of likely N-dealkylation sites (tertiary alicyclic amines) is 1. The zero-order chi connectivity index (χ0) is 19.4. The molecule has 3 amide bonds. The predicted molar refractivity (Wildman–Crippen MR) is 104 cm³/mol. The fourth-order valence-electron chi connectivity index (χ4n) is 3.99. The van der Waals surface area contributed by atoms with E-state index < -0.39 is 0 Å². The third-order valence-corrected chi connectivity index (χ3v) is 5.35. The molecule has 148 valence electrons. The van der Waals surface area contributed by atoms with Gasteiger partial charge < -0.3 is 19.9 Å². The van der Waals surface area contributed by atoms with Crippen molar-refractivity contribution in [1.29, 1.82) is 0 Å². The largest absolute Gasteiger partial charge is 0.378 e. The van der Waals surface area contributed by atoms with Gasteiger partial charge in [0.1, 0.15) is 0 Å². The predicted octanol–water partition coefficient (Wildman–Crippen LogP) is 2.72. The van der Waals surface area contributed by atoms with Crippen LogP contribution in [0.3, 0.4) is 0 Å². The summed E-state index contributed by atoms with van der Waals surface area (Å²) in [6, 6.07) is 8.31. The van der Waals surface area contributed by atoms with Crippen molar-refractivity contribution < 1.29 is 14.3 Å². The molecule has 2 aliphatic rings. The van der Waals surface area contributed by atoms with Gasteiger partial charge in [-0.25, -0.2) is 4.79 Å². The summed E-state index contributed by atoms with van der Waals surface area (Å²) in [4.78, 5) is 29.6. The van der Waals surface area contributed by atoms with Gasteiger partial charge in [-0.15, -0.1) is 0 Å². The fourth-order valence-corrected chi connectivity index (χ4v) is 3.99. The SMILES string of the molecule is Cc1cccc([C@H]2CC[C@@H](C(=O)N3CCOCC3)CN2C(=O)NC(C)C)c1. The van der Waals surface area contributed by atoms with Crippen molar-refractivity contribution in [3.8, 4) is 0 Å². The maximum atomic E-state index is 13.0. The van der Waals surface area contributed by atoms with Crippen molar-refractivity contribution in [3.05, 3.63) is 35.4 Å². The first-order valence-corrected chi connectivity index (χ1v) is 9.96. The Morgan fingerprint density at radius 1 is 1.19 bits per heavy atom. The lowest BCUT2D eigenvalue weighted by atomic mass is 9.87. The molecule has 0 bridgehead atoms. The molecule has 2 atom stereocenters.